The van der Waals surface area contributed by atoms with Crippen LogP contribution in [0.5, 0.6) is 0 Å². The molecule has 0 aromatic heterocycles. The summed E-state index contributed by atoms with van der Waals surface area (Å²) in [6, 6.07) is 8.22. The molecule has 3 rings (SSSR count). The predicted octanol–water partition coefficient (Wildman–Crippen LogP) is 3.45. The molecule has 2 aliphatic rings. The Bertz CT molecular complexity index is 563. The molecule has 1 aromatic rings. The first-order valence-electron chi connectivity index (χ1n) is 9.11. The zero-order valence-electron chi connectivity index (χ0n) is 14.6. The zero-order chi connectivity index (χ0) is 16.8. The molecule has 24 heavy (non-hydrogen) atoms. The molecule has 0 spiro atoms. The normalized spacial score (nSPS) is 21.1. The SMILES string of the molecule is CCNC(=NCC1(c2ccccc2Cl)CCOCC1)N1CCCC1. The summed E-state index contributed by atoms with van der Waals surface area (Å²) in [7, 11) is 0. The summed E-state index contributed by atoms with van der Waals surface area (Å²) < 4.78 is 5.62. The van der Waals surface area contributed by atoms with Crippen molar-refractivity contribution in [2.75, 3.05) is 39.4 Å². The molecule has 0 radical (unpaired) electrons. The molecule has 0 amide bonds. The average molecular weight is 350 g/mol. The topological polar surface area (TPSA) is 36.9 Å². The van der Waals surface area contributed by atoms with Gasteiger partial charge in [0.05, 0.1) is 6.54 Å². The maximum atomic E-state index is 6.54. The van der Waals surface area contributed by atoms with Crippen molar-refractivity contribution in [1.29, 1.82) is 0 Å². The second kappa shape index (κ2) is 8.21. The molecule has 0 bridgehead atoms. The van der Waals surface area contributed by atoms with E-state index in [1.807, 2.05) is 12.1 Å². The Kier molecular flexibility index (Phi) is 6.01. The monoisotopic (exact) mass is 349 g/mol. The first-order valence-corrected chi connectivity index (χ1v) is 9.49. The van der Waals surface area contributed by atoms with Crippen molar-refractivity contribution in [2.24, 2.45) is 4.99 Å². The van der Waals surface area contributed by atoms with Crippen LogP contribution in [0.25, 0.3) is 0 Å². The number of benzene rings is 1. The van der Waals surface area contributed by atoms with Crippen LogP contribution in [0, 0.1) is 0 Å². The zero-order valence-corrected chi connectivity index (χ0v) is 15.3. The van der Waals surface area contributed by atoms with E-state index in [0.717, 1.165) is 63.2 Å². The van der Waals surface area contributed by atoms with E-state index in [1.54, 1.807) is 0 Å². The molecular weight excluding hydrogens is 322 g/mol. The third-order valence-corrected chi connectivity index (χ3v) is 5.50. The number of nitrogens with one attached hydrogen (secondary N) is 1. The lowest BCUT2D eigenvalue weighted by Crippen LogP contribution is -2.42. The van der Waals surface area contributed by atoms with Crippen LogP contribution in [0.4, 0.5) is 0 Å². The Morgan fingerprint density at radius 1 is 1.25 bits per heavy atom. The molecule has 1 aromatic carbocycles. The van der Waals surface area contributed by atoms with E-state index in [1.165, 1.54) is 18.4 Å². The molecule has 0 unspecified atom stereocenters. The summed E-state index contributed by atoms with van der Waals surface area (Å²) in [6.45, 7) is 7.56. The van der Waals surface area contributed by atoms with Crippen molar-refractivity contribution in [1.82, 2.24) is 10.2 Å². The number of nitrogens with zero attached hydrogens (tertiary/aromatic N) is 2. The summed E-state index contributed by atoms with van der Waals surface area (Å²) in [4.78, 5) is 7.40. The molecule has 132 valence electrons. The third-order valence-electron chi connectivity index (χ3n) is 5.17. The van der Waals surface area contributed by atoms with Gasteiger partial charge in [-0.05, 0) is 44.2 Å². The van der Waals surface area contributed by atoms with Gasteiger partial charge in [-0.25, -0.2) is 0 Å². The molecule has 2 heterocycles. The van der Waals surface area contributed by atoms with Crippen LogP contribution >= 0.6 is 11.6 Å². The number of hydrogen-bond acceptors (Lipinski definition) is 2. The average Bonchev–Trinajstić information content (AvgIpc) is 3.14. The molecular formula is C19H28ClN3O. The highest BCUT2D eigenvalue weighted by atomic mass is 35.5. The van der Waals surface area contributed by atoms with Crippen molar-refractivity contribution >= 4 is 17.6 Å². The van der Waals surface area contributed by atoms with Crippen LogP contribution in [0.3, 0.4) is 0 Å². The molecule has 2 fully saturated rings. The van der Waals surface area contributed by atoms with Gasteiger partial charge in [0.25, 0.3) is 0 Å². The second-order valence-electron chi connectivity index (χ2n) is 6.74. The van der Waals surface area contributed by atoms with Crippen LogP contribution in [0.1, 0.15) is 38.2 Å². The van der Waals surface area contributed by atoms with E-state index in [2.05, 4.69) is 29.3 Å². The maximum absolute atomic E-state index is 6.54. The fraction of sp³-hybridized carbons (Fsp3) is 0.632. The van der Waals surface area contributed by atoms with E-state index in [9.17, 15) is 0 Å². The van der Waals surface area contributed by atoms with Crippen molar-refractivity contribution in [3.05, 3.63) is 34.9 Å². The minimum atomic E-state index is -0.0169. The lowest BCUT2D eigenvalue weighted by Gasteiger charge is -2.37. The van der Waals surface area contributed by atoms with E-state index < -0.39 is 0 Å². The highest BCUT2D eigenvalue weighted by Crippen LogP contribution is 2.39. The molecule has 1 N–H and O–H groups in total. The van der Waals surface area contributed by atoms with E-state index in [-0.39, 0.29) is 5.41 Å². The van der Waals surface area contributed by atoms with Gasteiger partial charge >= 0.3 is 0 Å². The van der Waals surface area contributed by atoms with Crippen LogP contribution in [-0.4, -0.2) is 50.3 Å². The van der Waals surface area contributed by atoms with E-state index in [4.69, 9.17) is 21.3 Å². The van der Waals surface area contributed by atoms with Gasteiger partial charge in [0.1, 0.15) is 0 Å². The number of aliphatic imine (C=N–C) groups is 1. The van der Waals surface area contributed by atoms with Gasteiger partial charge in [0.2, 0.25) is 0 Å². The van der Waals surface area contributed by atoms with Crippen molar-refractivity contribution in [3.63, 3.8) is 0 Å². The van der Waals surface area contributed by atoms with Crippen LogP contribution in [-0.2, 0) is 10.2 Å². The molecule has 2 aliphatic heterocycles. The second-order valence-corrected chi connectivity index (χ2v) is 7.14. The van der Waals surface area contributed by atoms with Crippen LogP contribution in [0.2, 0.25) is 5.02 Å². The Balaban J connectivity index is 1.86. The Hall–Kier alpha value is -1.26. The third kappa shape index (κ3) is 3.86. The van der Waals surface area contributed by atoms with E-state index in [0.29, 0.717) is 0 Å². The molecule has 0 atom stereocenters. The predicted molar refractivity (Wildman–Crippen MR) is 100.0 cm³/mol. The van der Waals surface area contributed by atoms with Crippen LogP contribution in [0.15, 0.2) is 29.3 Å². The van der Waals surface area contributed by atoms with Gasteiger partial charge in [-0.2, -0.15) is 0 Å². The Morgan fingerprint density at radius 3 is 2.62 bits per heavy atom. The Morgan fingerprint density at radius 2 is 1.96 bits per heavy atom. The van der Waals surface area contributed by atoms with Crippen molar-refractivity contribution in [3.8, 4) is 0 Å². The first-order chi connectivity index (χ1) is 11.7. The molecule has 5 heteroatoms. The number of ether oxygens (including phenoxy) is 1. The minimum Gasteiger partial charge on any atom is -0.381 e. The van der Waals surface area contributed by atoms with Gasteiger partial charge in [0, 0.05) is 43.3 Å². The summed E-state index contributed by atoms with van der Waals surface area (Å²) >= 11 is 6.54. The molecule has 2 saturated heterocycles. The summed E-state index contributed by atoms with van der Waals surface area (Å²) in [5.74, 6) is 1.05. The summed E-state index contributed by atoms with van der Waals surface area (Å²) in [6.07, 6.45) is 4.46. The highest BCUT2D eigenvalue weighted by molar-refractivity contribution is 6.31. The highest BCUT2D eigenvalue weighted by Gasteiger charge is 2.36. The number of guanidine groups is 1. The number of hydrogen-bond donors (Lipinski definition) is 1. The van der Waals surface area contributed by atoms with Crippen molar-refractivity contribution < 1.29 is 4.74 Å². The summed E-state index contributed by atoms with van der Waals surface area (Å²) in [5, 5.41) is 4.31. The van der Waals surface area contributed by atoms with Gasteiger partial charge in [-0.3, -0.25) is 4.99 Å². The minimum absolute atomic E-state index is 0.0169. The standard InChI is InChI=1S/C19H28ClN3O/c1-2-21-18(23-11-5-6-12-23)22-15-19(9-13-24-14-10-19)16-7-3-4-8-17(16)20/h3-4,7-8H,2,5-6,9-15H2,1H3,(H,21,22). The molecule has 0 aliphatic carbocycles. The molecule has 0 saturated carbocycles. The van der Waals surface area contributed by atoms with Gasteiger partial charge in [-0.1, -0.05) is 29.8 Å². The summed E-state index contributed by atoms with van der Waals surface area (Å²) in [5.41, 5.74) is 1.20. The Labute approximate surface area is 150 Å². The van der Waals surface area contributed by atoms with Gasteiger partial charge in [0.15, 0.2) is 5.96 Å². The lowest BCUT2D eigenvalue weighted by molar-refractivity contribution is 0.0530. The number of halogens is 1. The molecule has 4 nitrogen and oxygen atoms in total. The fourth-order valence-corrected chi connectivity index (χ4v) is 4.08. The van der Waals surface area contributed by atoms with Gasteiger partial charge < -0.3 is 15.0 Å². The first kappa shape index (κ1) is 17.6. The smallest absolute Gasteiger partial charge is 0.193 e. The fourth-order valence-electron chi connectivity index (χ4n) is 3.75. The number of rotatable bonds is 4. The van der Waals surface area contributed by atoms with E-state index >= 15 is 0 Å². The van der Waals surface area contributed by atoms with Crippen molar-refractivity contribution in [2.45, 2.75) is 38.0 Å². The quantitative estimate of drug-likeness (QED) is 0.668. The largest absolute Gasteiger partial charge is 0.381 e. The van der Waals surface area contributed by atoms with Crippen LogP contribution < -0.4 is 5.32 Å². The maximum Gasteiger partial charge on any atom is 0.193 e. The lowest BCUT2D eigenvalue weighted by atomic mass is 9.74. The van der Waals surface area contributed by atoms with Gasteiger partial charge in [-0.15, -0.1) is 0 Å². The number of likely N-dealkylation sites (tertiary alicyclic amines) is 1.